The van der Waals surface area contributed by atoms with E-state index in [-0.39, 0.29) is 16.5 Å². The van der Waals surface area contributed by atoms with Crippen LogP contribution in [0.4, 0.5) is 0 Å². The molecule has 0 aliphatic heterocycles. The molecule has 0 fully saturated rings. The third kappa shape index (κ3) is 4.32. The van der Waals surface area contributed by atoms with Crippen LogP contribution in [0.25, 0.3) is 0 Å². The third-order valence-electron chi connectivity index (χ3n) is 1.70. The molecule has 0 saturated carbocycles. The molecular weight excluding hydrogens is 195 g/mol. The Morgan fingerprint density at radius 2 is 1.42 bits per heavy atom. The first-order valence-corrected chi connectivity index (χ1v) is 5.32. The number of carbonyl (C=O) groups excluding carboxylic acids is 1. The lowest BCUT2D eigenvalue weighted by molar-refractivity contribution is -0.118. The summed E-state index contributed by atoms with van der Waals surface area (Å²) in [6, 6.07) is 0. The van der Waals surface area contributed by atoms with Crippen molar-refractivity contribution in [3.8, 4) is 0 Å². The standard InChI is InChI=1S/C9H16Cl2O/c1-3-5-7(10)9(12)8(11)6-4-2/h7-8H,3-6H2,1-2H3. The zero-order valence-corrected chi connectivity index (χ0v) is 9.16. The van der Waals surface area contributed by atoms with E-state index in [0.29, 0.717) is 0 Å². The molecule has 3 heteroatoms. The number of hydrogen-bond donors (Lipinski definition) is 0. The Balaban J connectivity index is 3.82. The molecule has 0 N–H and O–H groups in total. The summed E-state index contributed by atoms with van der Waals surface area (Å²) in [6.07, 6.45) is 3.31. The van der Waals surface area contributed by atoms with Crippen molar-refractivity contribution in [2.75, 3.05) is 0 Å². The van der Waals surface area contributed by atoms with Gasteiger partial charge in [-0.25, -0.2) is 0 Å². The minimum Gasteiger partial charge on any atom is -0.296 e. The van der Waals surface area contributed by atoms with Crippen molar-refractivity contribution in [1.29, 1.82) is 0 Å². The van der Waals surface area contributed by atoms with Gasteiger partial charge in [-0.3, -0.25) is 4.79 Å². The van der Waals surface area contributed by atoms with E-state index in [1.54, 1.807) is 0 Å². The van der Waals surface area contributed by atoms with Crippen molar-refractivity contribution in [1.82, 2.24) is 0 Å². The average Bonchev–Trinajstić information content (AvgIpc) is 2.04. The first-order chi connectivity index (χ1) is 5.63. The maximum atomic E-state index is 11.4. The minimum atomic E-state index is -0.385. The zero-order chi connectivity index (χ0) is 9.56. The topological polar surface area (TPSA) is 17.1 Å². The van der Waals surface area contributed by atoms with Crippen LogP contribution in [-0.4, -0.2) is 16.5 Å². The van der Waals surface area contributed by atoms with Gasteiger partial charge in [0, 0.05) is 0 Å². The number of ketones is 1. The predicted octanol–water partition coefficient (Wildman–Crippen LogP) is 3.37. The van der Waals surface area contributed by atoms with E-state index < -0.39 is 0 Å². The van der Waals surface area contributed by atoms with E-state index in [9.17, 15) is 4.79 Å². The molecule has 0 aromatic heterocycles. The van der Waals surface area contributed by atoms with Gasteiger partial charge >= 0.3 is 0 Å². The largest absolute Gasteiger partial charge is 0.296 e. The highest BCUT2D eigenvalue weighted by Gasteiger charge is 2.21. The second kappa shape index (κ2) is 6.73. The zero-order valence-electron chi connectivity index (χ0n) is 7.65. The molecule has 0 aromatic rings. The van der Waals surface area contributed by atoms with Crippen LogP contribution in [0.5, 0.6) is 0 Å². The Hall–Kier alpha value is 0.250. The van der Waals surface area contributed by atoms with Crippen LogP contribution in [0.15, 0.2) is 0 Å². The fourth-order valence-electron chi connectivity index (χ4n) is 0.988. The summed E-state index contributed by atoms with van der Waals surface area (Å²) in [5.74, 6) is -0.0120. The van der Waals surface area contributed by atoms with Crippen molar-refractivity contribution in [2.24, 2.45) is 0 Å². The molecule has 12 heavy (non-hydrogen) atoms. The van der Waals surface area contributed by atoms with Gasteiger partial charge in [0.15, 0.2) is 5.78 Å². The summed E-state index contributed by atoms with van der Waals surface area (Å²) >= 11 is 11.7. The normalized spacial score (nSPS) is 15.7. The van der Waals surface area contributed by atoms with Gasteiger partial charge in [-0.1, -0.05) is 26.7 Å². The van der Waals surface area contributed by atoms with E-state index in [2.05, 4.69) is 0 Å². The minimum absolute atomic E-state index is 0.0120. The van der Waals surface area contributed by atoms with Crippen LogP contribution in [0, 0.1) is 0 Å². The Morgan fingerprint density at radius 3 is 1.67 bits per heavy atom. The summed E-state index contributed by atoms with van der Waals surface area (Å²) in [6.45, 7) is 4.01. The lowest BCUT2D eigenvalue weighted by Crippen LogP contribution is -2.24. The second-order valence-electron chi connectivity index (χ2n) is 2.91. The van der Waals surface area contributed by atoms with Crippen molar-refractivity contribution in [3.63, 3.8) is 0 Å². The molecular formula is C9H16Cl2O. The predicted molar refractivity (Wildman–Crippen MR) is 54.1 cm³/mol. The number of halogens is 2. The summed E-state index contributed by atoms with van der Waals surface area (Å²) in [4.78, 5) is 11.4. The van der Waals surface area contributed by atoms with Crippen LogP contribution >= 0.6 is 23.2 Å². The highest BCUT2D eigenvalue weighted by molar-refractivity contribution is 6.40. The smallest absolute Gasteiger partial charge is 0.168 e. The van der Waals surface area contributed by atoms with Gasteiger partial charge in [0.1, 0.15) is 0 Å². The Morgan fingerprint density at radius 1 is 1.08 bits per heavy atom. The quantitative estimate of drug-likeness (QED) is 0.615. The third-order valence-corrected chi connectivity index (χ3v) is 2.57. The molecule has 0 heterocycles. The average molecular weight is 211 g/mol. The molecule has 0 aromatic carbocycles. The van der Waals surface area contributed by atoms with Gasteiger partial charge in [-0.05, 0) is 12.8 Å². The molecule has 0 aliphatic rings. The van der Waals surface area contributed by atoms with Gasteiger partial charge in [0.25, 0.3) is 0 Å². The van der Waals surface area contributed by atoms with Gasteiger partial charge in [0.2, 0.25) is 0 Å². The van der Waals surface area contributed by atoms with E-state index in [1.807, 2.05) is 13.8 Å². The fraction of sp³-hybridized carbons (Fsp3) is 0.889. The maximum Gasteiger partial charge on any atom is 0.168 e. The summed E-state index contributed by atoms with van der Waals surface area (Å²) in [5.41, 5.74) is 0. The highest BCUT2D eigenvalue weighted by atomic mass is 35.5. The first kappa shape index (κ1) is 12.2. The number of alkyl halides is 2. The number of Topliss-reactive ketones (excluding diaryl/α,β-unsaturated/α-hetero) is 1. The van der Waals surface area contributed by atoms with E-state index >= 15 is 0 Å². The summed E-state index contributed by atoms with van der Waals surface area (Å²) < 4.78 is 0. The van der Waals surface area contributed by atoms with Gasteiger partial charge in [-0.15, -0.1) is 23.2 Å². The highest BCUT2D eigenvalue weighted by Crippen LogP contribution is 2.15. The van der Waals surface area contributed by atoms with Crippen LogP contribution < -0.4 is 0 Å². The molecule has 0 rings (SSSR count). The lowest BCUT2D eigenvalue weighted by atomic mass is 10.1. The molecule has 0 spiro atoms. The van der Waals surface area contributed by atoms with Crippen molar-refractivity contribution < 1.29 is 4.79 Å². The number of rotatable bonds is 6. The van der Waals surface area contributed by atoms with E-state index in [0.717, 1.165) is 25.7 Å². The maximum absolute atomic E-state index is 11.4. The van der Waals surface area contributed by atoms with Crippen molar-refractivity contribution in [2.45, 2.75) is 50.3 Å². The number of hydrogen-bond acceptors (Lipinski definition) is 1. The lowest BCUT2D eigenvalue weighted by Gasteiger charge is -2.10. The molecule has 0 bridgehead atoms. The molecule has 72 valence electrons. The van der Waals surface area contributed by atoms with Gasteiger partial charge in [-0.2, -0.15) is 0 Å². The Bertz CT molecular complexity index is 122. The molecule has 1 nitrogen and oxygen atoms in total. The SMILES string of the molecule is CCCC(Cl)C(=O)C(Cl)CCC. The van der Waals surface area contributed by atoms with Crippen LogP contribution in [0.1, 0.15) is 39.5 Å². The molecule has 2 unspecified atom stereocenters. The van der Waals surface area contributed by atoms with Crippen molar-refractivity contribution >= 4 is 29.0 Å². The van der Waals surface area contributed by atoms with Crippen LogP contribution in [0.3, 0.4) is 0 Å². The van der Waals surface area contributed by atoms with Crippen molar-refractivity contribution in [3.05, 3.63) is 0 Å². The molecule has 0 saturated heterocycles. The van der Waals surface area contributed by atoms with Gasteiger partial charge < -0.3 is 0 Å². The van der Waals surface area contributed by atoms with Gasteiger partial charge in [0.05, 0.1) is 10.8 Å². The summed E-state index contributed by atoms with van der Waals surface area (Å²) in [7, 11) is 0. The molecule has 0 aliphatic carbocycles. The fourth-order valence-corrected chi connectivity index (χ4v) is 1.79. The molecule has 2 atom stereocenters. The first-order valence-electron chi connectivity index (χ1n) is 4.45. The number of carbonyl (C=O) groups is 1. The van der Waals surface area contributed by atoms with Crippen LogP contribution in [0.2, 0.25) is 0 Å². The summed E-state index contributed by atoms with van der Waals surface area (Å²) in [5, 5.41) is -0.770. The van der Waals surface area contributed by atoms with E-state index in [1.165, 1.54) is 0 Å². The Kier molecular flexibility index (Phi) is 6.87. The molecule has 0 radical (unpaired) electrons. The Labute approximate surface area is 84.4 Å². The van der Waals surface area contributed by atoms with Crippen LogP contribution in [-0.2, 0) is 4.79 Å². The molecule has 0 amide bonds. The monoisotopic (exact) mass is 210 g/mol. The van der Waals surface area contributed by atoms with E-state index in [4.69, 9.17) is 23.2 Å². The second-order valence-corrected chi connectivity index (χ2v) is 3.97.